The number of aliphatic hydroxyl groups is 4. The van der Waals surface area contributed by atoms with E-state index in [1.54, 1.807) is 0 Å². The maximum atomic E-state index is 8.50. The summed E-state index contributed by atoms with van der Waals surface area (Å²) in [6.07, 6.45) is 19.0. The van der Waals surface area contributed by atoms with E-state index in [-0.39, 0.29) is 0 Å². The van der Waals surface area contributed by atoms with Gasteiger partial charge < -0.3 is 20.4 Å². The molecule has 0 spiro atoms. The third kappa shape index (κ3) is 8.51. The molecule has 19 heavy (non-hydrogen) atoms. The molecule has 4 nitrogen and oxygen atoms in total. The van der Waals surface area contributed by atoms with Gasteiger partial charge in [-0.15, -0.1) is 0 Å². The third-order valence-corrected chi connectivity index (χ3v) is 2.65. The summed E-state index contributed by atoms with van der Waals surface area (Å²) in [4.78, 5) is 0. The quantitative estimate of drug-likeness (QED) is 0.612. The number of rotatable bonds is 4. The Kier molecular flexibility index (Phi) is 11.1. The van der Waals surface area contributed by atoms with Crippen molar-refractivity contribution < 1.29 is 20.4 Å². The Bertz CT molecular complexity index is 253. The highest BCUT2D eigenvalue weighted by molar-refractivity contribution is 5.12. The first-order valence-corrected chi connectivity index (χ1v) is 6.31. The van der Waals surface area contributed by atoms with Crippen molar-refractivity contribution in [2.75, 3.05) is 26.4 Å². The van der Waals surface area contributed by atoms with Crippen LogP contribution in [-0.2, 0) is 0 Å². The van der Waals surface area contributed by atoms with E-state index in [9.17, 15) is 0 Å². The van der Waals surface area contributed by atoms with Gasteiger partial charge in [-0.1, -0.05) is 48.6 Å². The van der Waals surface area contributed by atoms with Crippen LogP contribution in [0.2, 0.25) is 0 Å². The second-order valence-corrected chi connectivity index (χ2v) is 4.32. The lowest BCUT2D eigenvalue weighted by molar-refractivity contribution is -0.0328. The standard InChI is InChI=1S/C5H12O4.2C5H6/c6-1-5(2-7,3-8)4-9;2*1-2-4-5-3-1/h6-9H,1-4H2;2*1-4H,5H2. The summed E-state index contributed by atoms with van der Waals surface area (Å²) in [5.74, 6) is 0. The van der Waals surface area contributed by atoms with Gasteiger partial charge in [0.15, 0.2) is 0 Å². The molecule has 0 amide bonds. The lowest BCUT2D eigenvalue weighted by Gasteiger charge is -2.23. The highest BCUT2D eigenvalue weighted by Crippen LogP contribution is 2.11. The first-order chi connectivity index (χ1) is 9.24. The average molecular weight is 268 g/mol. The Hall–Kier alpha value is -1.20. The average Bonchev–Trinajstić information content (AvgIpc) is 3.20. The van der Waals surface area contributed by atoms with E-state index in [1.165, 1.54) is 0 Å². The molecular weight excluding hydrogens is 244 g/mol. The van der Waals surface area contributed by atoms with Crippen molar-refractivity contribution >= 4 is 0 Å². The fourth-order valence-electron chi connectivity index (χ4n) is 1.09. The second-order valence-electron chi connectivity index (χ2n) is 4.32. The molecule has 0 atom stereocenters. The van der Waals surface area contributed by atoms with Crippen LogP contribution in [0.4, 0.5) is 0 Å². The van der Waals surface area contributed by atoms with Gasteiger partial charge in [-0.25, -0.2) is 0 Å². The largest absolute Gasteiger partial charge is 0.396 e. The minimum atomic E-state index is -1.11. The molecule has 0 aromatic heterocycles. The fraction of sp³-hybridized carbons (Fsp3) is 0.467. The van der Waals surface area contributed by atoms with Crippen LogP contribution in [0, 0.1) is 5.41 Å². The van der Waals surface area contributed by atoms with E-state index in [0.29, 0.717) is 0 Å². The van der Waals surface area contributed by atoms with Gasteiger partial charge in [0.2, 0.25) is 0 Å². The van der Waals surface area contributed by atoms with E-state index in [4.69, 9.17) is 20.4 Å². The van der Waals surface area contributed by atoms with E-state index >= 15 is 0 Å². The fourth-order valence-corrected chi connectivity index (χ4v) is 1.09. The van der Waals surface area contributed by atoms with Gasteiger partial charge in [0.05, 0.1) is 31.8 Å². The predicted octanol–water partition coefficient (Wildman–Crippen LogP) is 0.947. The molecule has 0 heterocycles. The second kappa shape index (κ2) is 11.9. The first-order valence-electron chi connectivity index (χ1n) is 6.31. The highest BCUT2D eigenvalue weighted by atomic mass is 16.3. The molecule has 4 N–H and O–H groups in total. The van der Waals surface area contributed by atoms with Gasteiger partial charge in [-0.05, 0) is 12.8 Å². The molecule has 0 aliphatic heterocycles. The summed E-state index contributed by atoms with van der Waals surface area (Å²) < 4.78 is 0. The van der Waals surface area contributed by atoms with Gasteiger partial charge >= 0.3 is 0 Å². The van der Waals surface area contributed by atoms with Gasteiger partial charge in [-0.2, -0.15) is 0 Å². The van der Waals surface area contributed by atoms with Gasteiger partial charge in [-0.3, -0.25) is 0 Å². The Morgan fingerprint density at radius 1 is 0.579 bits per heavy atom. The van der Waals surface area contributed by atoms with Crippen molar-refractivity contribution in [3.05, 3.63) is 48.6 Å². The van der Waals surface area contributed by atoms with Crippen molar-refractivity contribution in [2.45, 2.75) is 12.8 Å². The SMILES string of the molecule is C1=CCC=C1.C1=CCC=C1.OCC(CO)(CO)CO. The lowest BCUT2D eigenvalue weighted by Crippen LogP contribution is -2.37. The van der Waals surface area contributed by atoms with E-state index in [1.807, 2.05) is 0 Å². The molecule has 0 aromatic rings. The number of hydrogen-bond acceptors (Lipinski definition) is 4. The van der Waals surface area contributed by atoms with Gasteiger partial charge in [0.1, 0.15) is 0 Å². The molecule has 0 radical (unpaired) electrons. The molecule has 0 bridgehead atoms. The maximum absolute atomic E-state index is 8.50. The lowest BCUT2D eigenvalue weighted by atomic mass is 9.93. The van der Waals surface area contributed by atoms with Crippen molar-refractivity contribution in [3.63, 3.8) is 0 Å². The zero-order valence-electron chi connectivity index (χ0n) is 11.2. The molecule has 0 aromatic carbocycles. The Morgan fingerprint density at radius 3 is 0.895 bits per heavy atom. The molecule has 0 fully saturated rings. The predicted molar refractivity (Wildman–Crippen MR) is 76.6 cm³/mol. The van der Waals surface area contributed by atoms with Crippen LogP contribution in [-0.4, -0.2) is 46.9 Å². The van der Waals surface area contributed by atoms with Crippen LogP contribution in [0.15, 0.2) is 48.6 Å². The maximum Gasteiger partial charge on any atom is 0.0627 e. The normalized spacial score (nSPS) is 14.9. The van der Waals surface area contributed by atoms with Crippen LogP contribution in [0.25, 0.3) is 0 Å². The number of aliphatic hydroxyl groups excluding tert-OH is 4. The summed E-state index contributed by atoms with van der Waals surface area (Å²) in [7, 11) is 0. The summed E-state index contributed by atoms with van der Waals surface area (Å²) in [6, 6.07) is 0. The summed E-state index contributed by atoms with van der Waals surface area (Å²) in [5, 5.41) is 34.0. The van der Waals surface area contributed by atoms with Gasteiger partial charge in [0, 0.05) is 0 Å². The van der Waals surface area contributed by atoms with Crippen molar-refractivity contribution in [3.8, 4) is 0 Å². The molecular formula is C15H24O4. The van der Waals surface area contributed by atoms with Crippen LogP contribution in [0.3, 0.4) is 0 Å². The van der Waals surface area contributed by atoms with Gasteiger partial charge in [0.25, 0.3) is 0 Å². The van der Waals surface area contributed by atoms with Crippen molar-refractivity contribution in [1.82, 2.24) is 0 Å². The minimum Gasteiger partial charge on any atom is -0.396 e. The molecule has 0 saturated carbocycles. The molecule has 0 unspecified atom stereocenters. The zero-order chi connectivity index (χ0) is 14.4. The molecule has 108 valence electrons. The van der Waals surface area contributed by atoms with Crippen LogP contribution in [0.5, 0.6) is 0 Å². The Morgan fingerprint density at radius 2 is 0.842 bits per heavy atom. The highest BCUT2D eigenvalue weighted by Gasteiger charge is 2.26. The number of allylic oxidation sites excluding steroid dienone is 8. The summed E-state index contributed by atoms with van der Waals surface area (Å²) in [6.45, 7) is -1.62. The monoisotopic (exact) mass is 268 g/mol. The van der Waals surface area contributed by atoms with Crippen LogP contribution in [0.1, 0.15) is 12.8 Å². The van der Waals surface area contributed by atoms with Crippen molar-refractivity contribution in [2.24, 2.45) is 5.41 Å². The van der Waals surface area contributed by atoms with E-state index in [0.717, 1.165) is 12.8 Å². The Labute approximate surface area is 114 Å². The third-order valence-electron chi connectivity index (χ3n) is 2.65. The smallest absolute Gasteiger partial charge is 0.0627 e. The number of hydrogen-bond donors (Lipinski definition) is 4. The summed E-state index contributed by atoms with van der Waals surface area (Å²) in [5.41, 5.74) is -1.11. The minimum absolute atomic E-state index is 0.406. The zero-order valence-corrected chi connectivity index (χ0v) is 11.2. The summed E-state index contributed by atoms with van der Waals surface area (Å²) >= 11 is 0. The molecule has 4 heteroatoms. The van der Waals surface area contributed by atoms with Crippen molar-refractivity contribution in [1.29, 1.82) is 0 Å². The molecule has 0 saturated heterocycles. The topological polar surface area (TPSA) is 80.9 Å². The molecule has 2 rings (SSSR count). The van der Waals surface area contributed by atoms with E-state index in [2.05, 4.69) is 48.6 Å². The Balaban J connectivity index is 0.000000273. The van der Waals surface area contributed by atoms with Crippen LogP contribution >= 0.6 is 0 Å². The molecule has 2 aliphatic rings. The van der Waals surface area contributed by atoms with E-state index < -0.39 is 31.8 Å². The first kappa shape index (κ1) is 17.8. The van der Waals surface area contributed by atoms with Crippen LogP contribution < -0.4 is 0 Å². The molecule has 2 aliphatic carbocycles.